The van der Waals surface area contributed by atoms with E-state index in [2.05, 4.69) is 21.6 Å². The van der Waals surface area contributed by atoms with Gasteiger partial charge in [0.25, 0.3) is 11.8 Å². The Morgan fingerprint density at radius 2 is 1.57 bits per heavy atom. The summed E-state index contributed by atoms with van der Waals surface area (Å²) in [6, 6.07) is 21.5. The lowest BCUT2D eigenvalue weighted by atomic mass is 10.1. The normalized spacial score (nSPS) is 12.6. The molecule has 2 aromatic carbocycles. The van der Waals surface area contributed by atoms with Gasteiger partial charge in [-0.05, 0) is 82.0 Å². The van der Waals surface area contributed by atoms with Gasteiger partial charge in [-0.1, -0.05) is 18.2 Å². The third-order valence-electron chi connectivity index (χ3n) is 7.63. The molecule has 0 bridgehead atoms. The number of carbonyl (C=O) groups excluding carboxylic acids is 2. The molecule has 0 spiro atoms. The number of hydrogen-bond acceptors (Lipinski definition) is 4. The van der Waals surface area contributed by atoms with Crippen LogP contribution in [0.15, 0.2) is 66.7 Å². The standard InChI is InChI=1S/C32H37N5O3/c1-22-11-12-23(2)37(22)28-15-13-24(19-30(28)40-6)31(38)36-21-26-14-16-29(32(39)34(5)18-17-33(3)4)35(26)20-25-9-7-8-10-27(25)36/h7-16,19H,17-18,20-21H2,1-6H3. The first-order valence-electron chi connectivity index (χ1n) is 13.5. The van der Waals surface area contributed by atoms with Crippen molar-refractivity contribution < 1.29 is 14.3 Å². The molecule has 2 aromatic heterocycles. The van der Waals surface area contributed by atoms with Crippen molar-refractivity contribution in [1.29, 1.82) is 0 Å². The number of amides is 2. The molecule has 1 aliphatic rings. The van der Waals surface area contributed by atoms with Crippen LogP contribution in [-0.2, 0) is 13.1 Å². The summed E-state index contributed by atoms with van der Waals surface area (Å²) < 4.78 is 9.92. The quantitative estimate of drug-likeness (QED) is 0.340. The van der Waals surface area contributed by atoms with Crippen LogP contribution in [0.3, 0.4) is 0 Å². The van der Waals surface area contributed by atoms with Crippen LogP contribution < -0.4 is 9.64 Å². The zero-order valence-electron chi connectivity index (χ0n) is 24.1. The van der Waals surface area contributed by atoms with Crippen molar-refractivity contribution >= 4 is 17.5 Å². The number of ether oxygens (including phenoxy) is 1. The maximum atomic E-state index is 14.1. The summed E-state index contributed by atoms with van der Waals surface area (Å²) in [5.74, 6) is 0.485. The Morgan fingerprint density at radius 1 is 0.850 bits per heavy atom. The highest BCUT2D eigenvalue weighted by molar-refractivity contribution is 6.07. The van der Waals surface area contributed by atoms with Crippen molar-refractivity contribution in [2.24, 2.45) is 0 Å². The number of aromatic nitrogens is 2. The molecule has 4 aromatic rings. The van der Waals surface area contributed by atoms with Gasteiger partial charge in [-0.15, -0.1) is 0 Å². The zero-order valence-corrected chi connectivity index (χ0v) is 24.1. The summed E-state index contributed by atoms with van der Waals surface area (Å²) in [5, 5.41) is 0. The summed E-state index contributed by atoms with van der Waals surface area (Å²) >= 11 is 0. The van der Waals surface area contributed by atoms with E-state index in [1.165, 1.54) is 0 Å². The summed E-state index contributed by atoms with van der Waals surface area (Å²) in [6.45, 7) is 6.38. The van der Waals surface area contributed by atoms with Crippen molar-refractivity contribution in [2.75, 3.05) is 46.2 Å². The molecule has 40 heavy (non-hydrogen) atoms. The van der Waals surface area contributed by atoms with Gasteiger partial charge in [-0.25, -0.2) is 0 Å². The number of para-hydroxylation sites is 1. The maximum Gasteiger partial charge on any atom is 0.270 e. The lowest BCUT2D eigenvalue weighted by molar-refractivity contribution is 0.0775. The number of aryl methyl sites for hydroxylation is 2. The lowest BCUT2D eigenvalue weighted by Crippen LogP contribution is -2.34. The Bertz CT molecular complexity index is 1540. The number of nitrogens with zero attached hydrogens (tertiary/aromatic N) is 5. The van der Waals surface area contributed by atoms with Gasteiger partial charge >= 0.3 is 0 Å². The van der Waals surface area contributed by atoms with Crippen molar-refractivity contribution in [2.45, 2.75) is 26.9 Å². The first-order chi connectivity index (χ1) is 19.2. The number of rotatable bonds is 7. The van der Waals surface area contributed by atoms with Crippen molar-refractivity contribution in [1.82, 2.24) is 18.9 Å². The fraction of sp³-hybridized carbons (Fsp3) is 0.312. The molecule has 208 valence electrons. The summed E-state index contributed by atoms with van der Waals surface area (Å²) in [7, 11) is 7.45. The van der Waals surface area contributed by atoms with Gasteiger partial charge in [0.15, 0.2) is 0 Å². The third kappa shape index (κ3) is 5.02. The number of carbonyl (C=O) groups is 2. The van der Waals surface area contributed by atoms with Gasteiger partial charge < -0.3 is 28.6 Å². The topological polar surface area (TPSA) is 63.0 Å². The third-order valence-corrected chi connectivity index (χ3v) is 7.63. The second-order valence-corrected chi connectivity index (χ2v) is 10.7. The van der Waals surface area contributed by atoms with E-state index in [0.717, 1.165) is 40.6 Å². The summed E-state index contributed by atoms with van der Waals surface area (Å²) in [5.41, 5.74) is 6.99. The molecule has 1 aliphatic heterocycles. The first-order valence-corrected chi connectivity index (χ1v) is 13.5. The number of fused-ring (bicyclic) bond motifs is 2. The van der Waals surface area contributed by atoms with E-state index < -0.39 is 0 Å². The van der Waals surface area contributed by atoms with Gasteiger partial charge in [-0.3, -0.25) is 9.59 Å². The maximum absolute atomic E-state index is 14.1. The van der Waals surface area contributed by atoms with Crippen molar-refractivity contribution in [3.8, 4) is 11.4 Å². The number of hydrogen-bond donors (Lipinski definition) is 0. The minimum atomic E-state index is -0.121. The molecule has 0 fully saturated rings. The Hall–Kier alpha value is -4.30. The van der Waals surface area contributed by atoms with Crippen LogP contribution in [0.4, 0.5) is 5.69 Å². The molecule has 0 radical (unpaired) electrons. The second kappa shape index (κ2) is 11.1. The van der Waals surface area contributed by atoms with Crippen LogP contribution in [0.1, 0.15) is 43.5 Å². The fourth-order valence-electron chi connectivity index (χ4n) is 5.37. The van der Waals surface area contributed by atoms with E-state index in [4.69, 9.17) is 4.74 Å². The predicted octanol–water partition coefficient (Wildman–Crippen LogP) is 4.75. The predicted molar refractivity (Wildman–Crippen MR) is 158 cm³/mol. The Morgan fingerprint density at radius 3 is 2.27 bits per heavy atom. The van der Waals surface area contributed by atoms with Crippen LogP contribution in [0, 0.1) is 13.8 Å². The molecule has 0 unspecified atom stereocenters. The van der Waals surface area contributed by atoms with Crippen LogP contribution >= 0.6 is 0 Å². The van der Waals surface area contributed by atoms with E-state index in [-0.39, 0.29) is 11.8 Å². The van der Waals surface area contributed by atoms with Crippen LogP contribution in [0.5, 0.6) is 5.75 Å². The number of methoxy groups -OCH3 is 1. The van der Waals surface area contributed by atoms with E-state index in [9.17, 15) is 9.59 Å². The Balaban J connectivity index is 1.50. The Labute approximate surface area is 236 Å². The second-order valence-electron chi connectivity index (χ2n) is 10.7. The van der Waals surface area contributed by atoms with Crippen LogP contribution in [-0.4, -0.2) is 72.1 Å². The average molecular weight is 540 g/mol. The van der Waals surface area contributed by atoms with Gasteiger partial charge in [0.05, 0.1) is 25.9 Å². The molecule has 3 heterocycles. The minimum Gasteiger partial charge on any atom is -0.495 e. The lowest BCUT2D eigenvalue weighted by Gasteiger charge is -2.23. The number of likely N-dealkylation sites (N-methyl/N-ethyl adjacent to an activating group) is 2. The van der Waals surface area contributed by atoms with Gasteiger partial charge in [0, 0.05) is 48.5 Å². The molecule has 5 rings (SSSR count). The molecule has 0 saturated heterocycles. The number of benzene rings is 2. The van der Waals surface area contributed by atoms with Crippen LogP contribution in [0.2, 0.25) is 0 Å². The first kappa shape index (κ1) is 27.3. The van der Waals surface area contributed by atoms with E-state index in [1.807, 2.05) is 94.2 Å². The van der Waals surface area contributed by atoms with E-state index in [0.29, 0.717) is 36.6 Å². The van der Waals surface area contributed by atoms with Crippen molar-refractivity contribution in [3.63, 3.8) is 0 Å². The van der Waals surface area contributed by atoms with E-state index in [1.54, 1.807) is 16.9 Å². The molecule has 0 atom stereocenters. The van der Waals surface area contributed by atoms with Crippen LogP contribution in [0.25, 0.3) is 5.69 Å². The molecule has 0 saturated carbocycles. The van der Waals surface area contributed by atoms with Gasteiger partial charge in [0.1, 0.15) is 11.4 Å². The fourth-order valence-corrected chi connectivity index (χ4v) is 5.37. The molecule has 0 aliphatic carbocycles. The molecular weight excluding hydrogens is 502 g/mol. The number of anilines is 1. The minimum absolute atomic E-state index is 0.0266. The molecule has 8 heteroatoms. The molecular formula is C32H37N5O3. The highest BCUT2D eigenvalue weighted by atomic mass is 16.5. The van der Waals surface area contributed by atoms with E-state index >= 15 is 0 Å². The van der Waals surface area contributed by atoms with Crippen molar-refractivity contribution in [3.05, 3.63) is 101 Å². The summed E-state index contributed by atoms with van der Waals surface area (Å²) in [6.07, 6.45) is 0. The highest BCUT2D eigenvalue weighted by Gasteiger charge is 2.28. The Kier molecular flexibility index (Phi) is 7.54. The monoisotopic (exact) mass is 539 g/mol. The van der Waals surface area contributed by atoms with Gasteiger partial charge in [0.2, 0.25) is 0 Å². The highest BCUT2D eigenvalue weighted by Crippen LogP contribution is 2.33. The smallest absolute Gasteiger partial charge is 0.270 e. The van der Waals surface area contributed by atoms with Gasteiger partial charge in [-0.2, -0.15) is 0 Å². The largest absolute Gasteiger partial charge is 0.495 e. The molecule has 0 N–H and O–H groups in total. The average Bonchev–Trinajstić information content (AvgIpc) is 3.45. The summed E-state index contributed by atoms with van der Waals surface area (Å²) in [4.78, 5) is 33.1. The molecule has 8 nitrogen and oxygen atoms in total. The zero-order chi connectivity index (χ0) is 28.6. The SMILES string of the molecule is COc1cc(C(=O)N2Cc3ccc(C(=O)N(C)CCN(C)C)n3Cc3ccccc32)ccc1-n1c(C)ccc1C. The molecule has 2 amide bonds.